The quantitative estimate of drug-likeness (QED) is 0.164. The second-order valence-corrected chi connectivity index (χ2v) is 10.8. The molecular formula is C26H18Cl3F10NO2. The number of halogens is 13. The van der Waals surface area contributed by atoms with E-state index < -0.39 is 89.0 Å². The average molecular weight is 673 g/mol. The molecule has 2 aromatic carbocycles. The first-order chi connectivity index (χ1) is 19.1. The van der Waals surface area contributed by atoms with Gasteiger partial charge in [0.05, 0.1) is 32.5 Å². The lowest BCUT2D eigenvalue weighted by atomic mass is 9.90. The van der Waals surface area contributed by atoms with Crippen LogP contribution in [0.4, 0.5) is 43.9 Å². The summed E-state index contributed by atoms with van der Waals surface area (Å²) in [6.07, 6.45) is -17.0. The Morgan fingerprint density at radius 1 is 0.929 bits per heavy atom. The van der Waals surface area contributed by atoms with Gasteiger partial charge in [-0.25, -0.2) is 4.39 Å². The Morgan fingerprint density at radius 3 is 1.98 bits per heavy atom. The first kappa shape index (κ1) is 34.0. The van der Waals surface area contributed by atoms with Crippen LogP contribution in [0.2, 0.25) is 15.1 Å². The second-order valence-electron chi connectivity index (χ2n) is 9.59. The molecule has 1 aliphatic rings. The molecule has 1 saturated carbocycles. The molecule has 1 aliphatic carbocycles. The maximum atomic E-state index is 15.1. The van der Waals surface area contributed by atoms with Crippen molar-refractivity contribution in [3.05, 3.63) is 73.7 Å². The normalized spacial score (nSPS) is 16.3. The van der Waals surface area contributed by atoms with Crippen LogP contribution in [0.5, 0.6) is 0 Å². The highest BCUT2D eigenvalue weighted by atomic mass is 35.5. The van der Waals surface area contributed by atoms with Crippen LogP contribution in [0.3, 0.4) is 0 Å². The number of alkyl halides is 9. The summed E-state index contributed by atoms with van der Waals surface area (Å²) in [6.45, 7) is -0.792. The average Bonchev–Trinajstić information content (AvgIpc) is 3.63. The number of amides is 1. The van der Waals surface area contributed by atoms with Crippen LogP contribution in [0.15, 0.2) is 36.4 Å². The fourth-order valence-corrected chi connectivity index (χ4v) is 4.70. The van der Waals surface area contributed by atoms with E-state index in [1.54, 1.807) is 0 Å². The molecule has 16 heteroatoms. The standard InChI is InChI=1S/C26H18Cl3F10NO2/c27-17-8-13(9-18(28)21(17)29)15(25(34,35)36)10-19(30)12-1-2-14(16(7-12)26(37,38)39)20(41)11-23(3-4-23)22(42)40-6-5-24(31,32)33/h1-2,7-10,15H,3-6,11H2,(H,40,42)/b19-10-. The van der Waals surface area contributed by atoms with Crippen LogP contribution in [0, 0.1) is 5.41 Å². The molecule has 1 amide bonds. The van der Waals surface area contributed by atoms with Gasteiger partial charge in [-0.3, -0.25) is 9.59 Å². The van der Waals surface area contributed by atoms with Crippen molar-refractivity contribution < 1.29 is 53.5 Å². The highest BCUT2D eigenvalue weighted by molar-refractivity contribution is 6.48. The monoisotopic (exact) mass is 671 g/mol. The zero-order valence-corrected chi connectivity index (χ0v) is 23.1. The zero-order chi connectivity index (χ0) is 31.8. The van der Waals surface area contributed by atoms with Crippen LogP contribution in [0.25, 0.3) is 5.83 Å². The van der Waals surface area contributed by atoms with Gasteiger partial charge in [-0.05, 0) is 42.7 Å². The van der Waals surface area contributed by atoms with Crippen LogP contribution in [0.1, 0.15) is 58.6 Å². The summed E-state index contributed by atoms with van der Waals surface area (Å²) in [5, 5.41) is 0.981. The van der Waals surface area contributed by atoms with Crippen molar-refractivity contribution in [1.29, 1.82) is 0 Å². The number of ketones is 1. The molecule has 1 fully saturated rings. The lowest BCUT2D eigenvalue weighted by Gasteiger charge is -2.19. The lowest BCUT2D eigenvalue weighted by molar-refractivity contribution is -0.140. The number of carbonyl (C=O) groups excluding carboxylic acids is 2. The number of rotatable bonds is 9. The van der Waals surface area contributed by atoms with Gasteiger partial charge in [-0.2, -0.15) is 39.5 Å². The molecule has 0 radical (unpaired) electrons. The summed E-state index contributed by atoms with van der Waals surface area (Å²) in [6, 6.07) is 2.91. The Morgan fingerprint density at radius 2 is 1.50 bits per heavy atom. The summed E-state index contributed by atoms with van der Waals surface area (Å²) in [5.41, 5.74) is -5.76. The lowest BCUT2D eigenvalue weighted by Crippen LogP contribution is -2.35. The summed E-state index contributed by atoms with van der Waals surface area (Å²) < 4.78 is 135. The fourth-order valence-electron chi connectivity index (χ4n) is 4.09. The van der Waals surface area contributed by atoms with E-state index in [2.05, 4.69) is 0 Å². The second kappa shape index (κ2) is 12.2. The van der Waals surface area contributed by atoms with E-state index in [0.717, 1.165) is 12.1 Å². The van der Waals surface area contributed by atoms with Crippen molar-refractivity contribution in [2.75, 3.05) is 6.54 Å². The smallest absolute Gasteiger partial charge is 0.355 e. The molecule has 42 heavy (non-hydrogen) atoms. The van der Waals surface area contributed by atoms with E-state index in [1.807, 2.05) is 5.32 Å². The van der Waals surface area contributed by atoms with Crippen molar-refractivity contribution in [1.82, 2.24) is 5.32 Å². The van der Waals surface area contributed by atoms with Crippen LogP contribution < -0.4 is 5.32 Å². The number of allylic oxidation sites excluding steroid dienone is 1. The minimum absolute atomic E-state index is 0.0113. The summed E-state index contributed by atoms with van der Waals surface area (Å²) >= 11 is 17.3. The molecule has 230 valence electrons. The third kappa shape index (κ3) is 8.31. The minimum atomic E-state index is -5.27. The van der Waals surface area contributed by atoms with Gasteiger partial charge in [0.1, 0.15) is 11.7 Å². The van der Waals surface area contributed by atoms with Gasteiger partial charge in [0.15, 0.2) is 5.78 Å². The molecule has 0 aliphatic heterocycles. The van der Waals surface area contributed by atoms with Crippen molar-refractivity contribution in [3.63, 3.8) is 0 Å². The number of nitrogens with one attached hydrogen (secondary N) is 1. The van der Waals surface area contributed by atoms with E-state index in [1.165, 1.54) is 0 Å². The molecule has 3 rings (SSSR count). The number of Topliss-reactive ketones (excluding diaryl/α,β-unsaturated/α-hetero) is 1. The highest BCUT2D eigenvalue weighted by Crippen LogP contribution is 2.50. The maximum Gasteiger partial charge on any atom is 0.417 e. The van der Waals surface area contributed by atoms with Gasteiger partial charge < -0.3 is 5.32 Å². The van der Waals surface area contributed by atoms with E-state index in [0.29, 0.717) is 12.1 Å². The van der Waals surface area contributed by atoms with Crippen molar-refractivity contribution in [2.45, 2.75) is 50.1 Å². The van der Waals surface area contributed by atoms with Gasteiger partial charge >= 0.3 is 18.5 Å². The van der Waals surface area contributed by atoms with Crippen LogP contribution in [-0.2, 0) is 11.0 Å². The van der Waals surface area contributed by atoms with E-state index in [4.69, 9.17) is 34.8 Å². The first-order valence-electron chi connectivity index (χ1n) is 11.8. The van der Waals surface area contributed by atoms with Gasteiger partial charge in [0.2, 0.25) is 5.91 Å². The SMILES string of the molecule is O=C(CC1(C(=O)NCCC(F)(F)F)CC1)c1ccc(/C(F)=C/C(c2cc(Cl)c(Cl)c(Cl)c2)C(F)(F)F)cc1C(F)(F)F. The van der Waals surface area contributed by atoms with E-state index >= 15 is 4.39 Å². The Balaban J connectivity index is 1.92. The van der Waals surface area contributed by atoms with Crippen molar-refractivity contribution in [2.24, 2.45) is 5.41 Å². The number of hydrogen-bond acceptors (Lipinski definition) is 2. The zero-order valence-electron chi connectivity index (χ0n) is 20.8. The maximum absolute atomic E-state index is 15.1. The molecule has 0 bridgehead atoms. The molecule has 0 saturated heterocycles. The predicted octanol–water partition coefficient (Wildman–Crippen LogP) is 9.74. The molecule has 3 nitrogen and oxygen atoms in total. The van der Waals surface area contributed by atoms with Crippen molar-refractivity contribution >= 4 is 52.3 Å². The fraction of sp³-hybridized carbons (Fsp3) is 0.385. The Bertz CT molecular complexity index is 1370. The molecule has 1 atom stereocenters. The number of benzene rings is 2. The van der Waals surface area contributed by atoms with E-state index in [-0.39, 0.29) is 40.1 Å². The Labute approximate surface area is 246 Å². The number of hydrogen-bond donors (Lipinski definition) is 1. The van der Waals surface area contributed by atoms with Crippen molar-refractivity contribution in [3.8, 4) is 0 Å². The molecule has 0 heterocycles. The summed E-state index contributed by atoms with van der Waals surface area (Å²) in [5.74, 6) is -6.56. The van der Waals surface area contributed by atoms with Gasteiger partial charge in [-0.15, -0.1) is 0 Å². The molecule has 1 unspecified atom stereocenters. The molecule has 1 N–H and O–H groups in total. The molecular weight excluding hydrogens is 655 g/mol. The van der Waals surface area contributed by atoms with Crippen LogP contribution in [-0.4, -0.2) is 30.6 Å². The molecule has 0 aromatic heterocycles. The third-order valence-electron chi connectivity index (χ3n) is 6.46. The first-order valence-corrected chi connectivity index (χ1v) is 13.0. The van der Waals surface area contributed by atoms with Gasteiger partial charge in [-0.1, -0.05) is 46.9 Å². The summed E-state index contributed by atoms with van der Waals surface area (Å²) in [7, 11) is 0. The van der Waals surface area contributed by atoms with Gasteiger partial charge in [0, 0.05) is 24.1 Å². The predicted molar refractivity (Wildman–Crippen MR) is 135 cm³/mol. The molecule has 2 aromatic rings. The minimum Gasteiger partial charge on any atom is -0.355 e. The third-order valence-corrected chi connectivity index (χ3v) is 7.66. The topological polar surface area (TPSA) is 46.2 Å². The Kier molecular flexibility index (Phi) is 9.90. The molecule has 0 spiro atoms. The summed E-state index contributed by atoms with van der Waals surface area (Å²) in [4.78, 5) is 25.2. The van der Waals surface area contributed by atoms with Crippen LogP contribution >= 0.6 is 34.8 Å². The largest absolute Gasteiger partial charge is 0.417 e. The highest BCUT2D eigenvalue weighted by Gasteiger charge is 2.52. The van der Waals surface area contributed by atoms with E-state index in [9.17, 15) is 49.1 Å². The number of carbonyl (C=O) groups is 2. The Hall–Kier alpha value is -2.51. The van der Waals surface area contributed by atoms with Gasteiger partial charge in [0.25, 0.3) is 0 Å².